The van der Waals surface area contributed by atoms with Gasteiger partial charge in [0.05, 0.1) is 6.61 Å². The maximum atomic E-state index is 11.8. The van der Waals surface area contributed by atoms with Gasteiger partial charge in [-0.15, -0.1) is 0 Å². The van der Waals surface area contributed by atoms with Crippen LogP contribution in [0.15, 0.2) is 11.8 Å². The van der Waals surface area contributed by atoms with Crippen molar-refractivity contribution in [3.8, 4) is 0 Å². The molecule has 0 aromatic rings. The zero-order valence-electron chi connectivity index (χ0n) is 6.37. The highest BCUT2D eigenvalue weighted by molar-refractivity contribution is 6.01. The van der Waals surface area contributed by atoms with E-state index < -0.39 is 24.1 Å². The lowest BCUT2D eigenvalue weighted by Crippen LogP contribution is -2.26. The van der Waals surface area contributed by atoms with E-state index in [4.69, 9.17) is 10.5 Å². The van der Waals surface area contributed by atoms with Gasteiger partial charge < -0.3 is 10.4 Å². The lowest BCUT2D eigenvalue weighted by atomic mass is 10.2. The Kier molecular flexibility index (Phi) is 3.75. The van der Waals surface area contributed by atoms with E-state index in [-0.39, 0.29) is 0 Å². The molecule has 0 amide bonds. The van der Waals surface area contributed by atoms with Crippen LogP contribution in [-0.2, 0) is 0 Å². The Labute approximate surface area is 67.4 Å². The minimum absolute atomic E-state index is 0.481. The van der Waals surface area contributed by atoms with Gasteiger partial charge in [0.2, 0.25) is 0 Å². The van der Waals surface area contributed by atoms with E-state index >= 15 is 0 Å². The second kappa shape index (κ2) is 4.10. The molecule has 0 radical (unpaired) electrons. The van der Waals surface area contributed by atoms with E-state index in [0.29, 0.717) is 0 Å². The molecule has 0 aliphatic carbocycles. The topological polar surface area (TPSA) is 56.1 Å². The fourth-order valence-corrected chi connectivity index (χ4v) is 0.553. The molecule has 0 atom stereocenters. The van der Waals surface area contributed by atoms with Crippen molar-refractivity contribution in [1.29, 1.82) is 5.41 Å². The summed E-state index contributed by atoms with van der Waals surface area (Å²) in [5.74, 6) is 0. The largest absolute Gasteiger partial charge is 0.433 e. The molecule has 0 bridgehead atoms. The smallest absolute Gasteiger partial charge is 0.394 e. The lowest BCUT2D eigenvalue weighted by molar-refractivity contribution is -0.0593. The fourth-order valence-electron chi connectivity index (χ4n) is 0.553. The van der Waals surface area contributed by atoms with Crippen LogP contribution in [-0.4, -0.2) is 30.6 Å². The van der Waals surface area contributed by atoms with E-state index in [2.05, 4.69) is 5.32 Å². The Morgan fingerprint density at radius 2 is 2.08 bits per heavy atom. The maximum Gasteiger partial charge on any atom is 0.433 e. The molecule has 3 N–H and O–H groups in total. The minimum Gasteiger partial charge on any atom is -0.394 e. The van der Waals surface area contributed by atoms with Gasteiger partial charge in [-0.05, 0) is 0 Å². The average molecular weight is 182 g/mol. The van der Waals surface area contributed by atoms with Crippen LogP contribution in [0.2, 0.25) is 0 Å². The summed E-state index contributed by atoms with van der Waals surface area (Å²) in [6, 6.07) is 0. The van der Waals surface area contributed by atoms with Crippen LogP contribution in [0, 0.1) is 5.41 Å². The van der Waals surface area contributed by atoms with Crippen LogP contribution in [0.4, 0.5) is 13.2 Å². The fraction of sp³-hybridized carbons (Fsp3) is 0.500. The SMILES string of the molecule is CN/C=C(/CO)C(=N)C(F)(F)F. The van der Waals surface area contributed by atoms with Crippen LogP contribution in [0.1, 0.15) is 0 Å². The third-order valence-corrected chi connectivity index (χ3v) is 1.09. The molecule has 0 saturated heterocycles. The van der Waals surface area contributed by atoms with Gasteiger partial charge in [0.15, 0.2) is 0 Å². The number of aliphatic hydroxyl groups is 1. The summed E-state index contributed by atoms with van der Waals surface area (Å²) in [4.78, 5) is 0. The number of alkyl halides is 3. The highest BCUT2D eigenvalue weighted by atomic mass is 19.4. The van der Waals surface area contributed by atoms with Gasteiger partial charge in [0.1, 0.15) is 5.71 Å². The Bertz CT molecular complexity index is 197. The molecule has 0 aliphatic rings. The van der Waals surface area contributed by atoms with Gasteiger partial charge >= 0.3 is 6.18 Å². The van der Waals surface area contributed by atoms with Crippen LogP contribution in [0.5, 0.6) is 0 Å². The van der Waals surface area contributed by atoms with Crippen LogP contribution >= 0.6 is 0 Å². The van der Waals surface area contributed by atoms with Gasteiger partial charge in [-0.1, -0.05) is 0 Å². The maximum absolute atomic E-state index is 11.8. The number of rotatable bonds is 3. The first-order valence-electron chi connectivity index (χ1n) is 3.06. The molecular weight excluding hydrogens is 173 g/mol. The van der Waals surface area contributed by atoms with Crippen LogP contribution in [0.25, 0.3) is 0 Å². The van der Waals surface area contributed by atoms with Crippen molar-refractivity contribution in [2.24, 2.45) is 0 Å². The zero-order valence-corrected chi connectivity index (χ0v) is 6.37. The molecule has 70 valence electrons. The number of aliphatic hydroxyl groups excluding tert-OH is 1. The standard InChI is InChI=1S/C6H9F3N2O/c1-11-2-4(3-12)5(10)6(7,8)9/h2,10-12H,3H2,1H3/b4-2-,10-5?. The molecule has 0 fully saturated rings. The lowest BCUT2D eigenvalue weighted by Gasteiger charge is -2.09. The molecule has 0 aliphatic heterocycles. The van der Waals surface area contributed by atoms with Gasteiger partial charge in [-0.2, -0.15) is 13.2 Å². The van der Waals surface area contributed by atoms with Crippen LogP contribution < -0.4 is 5.32 Å². The third-order valence-electron chi connectivity index (χ3n) is 1.09. The van der Waals surface area contributed by atoms with E-state index in [1.165, 1.54) is 7.05 Å². The summed E-state index contributed by atoms with van der Waals surface area (Å²) in [5.41, 5.74) is -2.01. The highest BCUT2D eigenvalue weighted by Crippen LogP contribution is 2.20. The normalized spacial score (nSPS) is 12.9. The summed E-state index contributed by atoms with van der Waals surface area (Å²) in [6.07, 6.45) is -3.76. The van der Waals surface area contributed by atoms with Crippen molar-refractivity contribution in [1.82, 2.24) is 5.32 Å². The zero-order chi connectivity index (χ0) is 9.78. The first-order valence-corrected chi connectivity index (χ1v) is 3.06. The first kappa shape index (κ1) is 11.0. The molecule has 0 aromatic heterocycles. The Morgan fingerprint density at radius 1 is 1.58 bits per heavy atom. The Morgan fingerprint density at radius 3 is 2.33 bits per heavy atom. The van der Waals surface area contributed by atoms with E-state index in [0.717, 1.165) is 6.20 Å². The molecule has 0 rings (SSSR count). The molecule has 0 aromatic carbocycles. The van der Waals surface area contributed by atoms with Crippen molar-refractivity contribution in [2.75, 3.05) is 13.7 Å². The summed E-state index contributed by atoms with van der Waals surface area (Å²) in [6.45, 7) is -0.806. The summed E-state index contributed by atoms with van der Waals surface area (Å²) >= 11 is 0. The van der Waals surface area contributed by atoms with E-state index in [1.54, 1.807) is 0 Å². The summed E-state index contributed by atoms with van der Waals surface area (Å²) < 4.78 is 35.4. The van der Waals surface area contributed by atoms with Crippen molar-refractivity contribution in [2.45, 2.75) is 6.18 Å². The molecule has 0 spiro atoms. The van der Waals surface area contributed by atoms with Gasteiger partial charge in [0.25, 0.3) is 0 Å². The monoisotopic (exact) mass is 182 g/mol. The second-order valence-electron chi connectivity index (χ2n) is 1.99. The summed E-state index contributed by atoms with van der Waals surface area (Å²) in [5, 5.41) is 17.4. The van der Waals surface area contributed by atoms with Gasteiger partial charge in [-0.25, -0.2) is 0 Å². The molecule has 6 heteroatoms. The molecule has 0 saturated carbocycles. The molecular formula is C6H9F3N2O. The van der Waals surface area contributed by atoms with E-state index in [9.17, 15) is 13.2 Å². The third kappa shape index (κ3) is 2.91. The molecule has 0 heterocycles. The highest BCUT2D eigenvalue weighted by Gasteiger charge is 2.36. The number of halogens is 3. The molecule has 3 nitrogen and oxygen atoms in total. The Balaban J connectivity index is 4.55. The summed E-state index contributed by atoms with van der Waals surface area (Å²) in [7, 11) is 1.39. The van der Waals surface area contributed by atoms with Gasteiger partial charge in [0, 0.05) is 18.8 Å². The minimum atomic E-state index is -4.70. The molecule has 12 heavy (non-hydrogen) atoms. The number of nitrogens with one attached hydrogen (secondary N) is 2. The number of hydrogen-bond acceptors (Lipinski definition) is 3. The van der Waals surface area contributed by atoms with Crippen molar-refractivity contribution < 1.29 is 18.3 Å². The van der Waals surface area contributed by atoms with Gasteiger partial charge in [-0.3, -0.25) is 5.41 Å². The van der Waals surface area contributed by atoms with Crippen molar-refractivity contribution in [3.05, 3.63) is 11.8 Å². The van der Waals surface area contributed by atoms with E-state index in [1.807, 2.05) is 0 Å². The predicted molar refractivity (Wildman–Crippen MR) is 38.0 cm³/mol. The predicted octanol–water partition coefficient (Wildman–Crippen LogP) is 0.664. The molecule has 0 unspecified atom stereocenters. The quantitative estimate of drug-likeness (QED) is 0.562. The average Bonchev–Trinajstić information content (AvgIpc) is 1.97. The Hall–Kier alpha value is -1.04. The first-order chi connectivity index (χ1) is 5.43. The van der Waals surface area contributed by atoms with Crippen molar-refractivity contribution >= 4 is 5.71 Å². The number of hydrogen-bond donors (Lipinski definition) is 3. The van der Waals surface area contributed by atoms with Crippen molar-refractivity contribution in [3.63, 3.8) is 0 Å². The van der Waals surface area contributed by atoms with Crippen LogP contribution in [0.3, 0.4) is 0 Å². The second-order valence-corrected chi connectivity index (χ2v) is 1.99.